The van der Waals surface area contributed by atoms with E-state index in [9.17, 15) is 4.39 Å². The van der Waals surface area contributed by atoms with Crippen LogP contribution < -0.4 is 15.2 Å². The third-order valence-electron chi connectivity index (χ3n) is 3.02. The Labute approximate surface area is 111 Å². The number of halogens is 1. The van der Waals surface area contributed by atoms with Crippen LogP contribution in [0.5, 0.6) is 11.5 Å². The molecule has 4 heteroatoms. The van der Waals surface area contributed by atoms with Crippen molar-refractivity contribution in [3.8, 4) is 22.6 Å². The van der Waals surface area contributed by atoms with Crippen LogP contribution in [0.2, 0.25) is 0 Å². The molecule has 0 saturated carbocycles. The number of nitrogen functional groups attached to an aromatic ring is 1. The molecular formula is C15H16FNO2. The summed E-state index contributed by atoms with van der Waals surface area (Å²) in [4.78, 5) is 0. The van der Waals surface area contributed by atoms with Crippen LogP contribution >= 0.6 is 0 Å². The quantitative estimate of drug-likeness (QED) is 0.861. The number of aryl methyl sites for hydroxylation is 1. The Balaban J connectivity index is 2.61. The minimum Gasteiger partial charge on any atom is -0.497 e. The van der Waals surface area contributed by atoms with Crippen LogP contribution in [0.15, 0.2) is 30.3 Å². The van der Waals surface area contributed by atoms with E-state index in [0.717, 1.165) is 5.56 Å². The van der Waals surface area contributed by atoms with E-state index >= 15 is 0 Å². The molecule has 100 valence electrons. The third-order valence-corrected chi connectivity index (χ3v) is 3.02. The van der Waals surface area contributed by atoms with Crippen molar-refractivity contribution in [2.45, 2.75) is 6.92 Å². The lowest BCUT2D eigenvalue weighted by Gasteiger charge is -2.11. The third kappa shape index (κ3) is 2.62. The van der Waals surface area contributed by atoms with Crippen molar-refractivity contribution >= 4 is 5.69 Å². The van der Waals surface area contributed by atoms with E-state index in [4.69, 9.17) is 15.2 Å². The molecule has 0 aromatic heterocycles. The summed E-state index contributed by atoms with van der Waals surface area (Å²) >= 11 is 0. The van der Waals surface area contributed by atoms with Crippen LogP contribution in [-0.4, -0.2) is 14.2 Å². The second-order valence-electron chi connectivity index (χ2n) is 4.29. The lowest BCUT2D eigenvalue weighted by molar-refractivity contribution is 0.394. The van der Waals surface area contributed by atoms with Crippen molar-refractivity contribution in [3.05, 3.63) is 41.7 Å². The normalized spacial score (nSPS) is 10.3. The first kappa shape index (κ1) is 13.2. The predicted octanol–water partition coefficient (Wildman–Crippen LogP) is 3.40. The monoisotopic (exact) mass is 261 g/mol. The van der Waals surface area contributed by atoms with Gasteiger partial charge >= 0.3 is 0 Å². The predicted molar refractivity (Wildman–Crippen MR) is 74.1 cm³/mol. The van der Waals surface area contributed by atoms with Gasteiger partial charge in [0.25, 0.3) is 0 Å². The highest BCUT2D eigenvalue weighted by atomic mass is 19.1. The van der Waals surface area contributed by atoms with Crippen molar-refractivity contribution in [2.75, 3.05) is 20.0 Å². The second-order valence-corrected chi connectivity index (χ2v) is 4.29. The van der Waals surface area contributed by atoms with Gasteiger partial charge in [-0.1, -0.05) is 0 Å². The van der Waals surface area contributed by atoms with Gasteiger partial charge in [-0.25, -0.2) is 4.39 Å². The van der Waals surface area contributed by atoms with Crippen molar-refractivity contribution in [3.63, 3.8) is 0 Å². The first-order valence-electron chi connectivity index (χ1n) is 5.84. The van der Waals surface area contributed by atoms with Gasteiger partial charge in [0.1, 0.15) is 17.3 Å². The highest BCUT2D eigenvalue weighted by Gasteiger charge is 2.10. The Bertz CT molecular complexity index is 589. The number of anilines is 1. The SMILES string of the molecule is COc1cc(OC)cc(-c2cc(N)c(C)cc2F)c1. The summed E-state index contributed by atoms with van der Waals surface area (Å²) in [6.45, 7) is 1.77. The summed E-state index contributed by atoms with van der Waals surface area (Å²) < 4.78 is 24.4. The standard InChI is InChI=1S/C15H16FNO2/c1-9-4-14(16)13(8-15(9)17)10-5-11(18-2)7-12(6-10)19-3/h4-8H,17H2,1-3H3. The smallest absolute Gasteiger partial charge is 0.131 e. The summed E-state index contributed by atoms with van der Waals surface area (Å²) in [6.07, 6.45) is 0. The zero-order valence-electron chi connectivity index (χ0n) is 11.2. The summed E-state index contributed by atoms with van der Waals surface area (Å²) in [5.74, 6) is 0.891. The number of benzene rings is 2. The van der Waals surface area contributed by atoms with E-state index < -0.39 is 0 Å². The van der Waals surface area contributed by atoms with Crippen LogP contribution in [0.4, 0.5) is 10.1 Å². The maximum Gasteiger partial charge on any atom is 0.131 e. The number of hydrogen-bond acceptors (Lipinski definition) is 3. The zero-order valence-corrected chi connectivity index (χ0v) is 11.2. The van der Waals surface area contributed by atoms with E-state index in [-0.39, 0.29) is 5.82 Å². The number of ether oxygens (including phenoxy) is 2. The molecule has 0 aliphatic heterocycles. The van der Waals surface area contributed by atoms with Crippen LogP contribution in [0.3, 0.4) is 0 Å². The van der Waals surface area contributed by atoms with Gasteiger partial charge in [0.2, 0.25) is 0 Å². The molecule has 0 spiro atoms. The molecular weight excluding hydrogens is 245 g/mol. The minimum atomic E-state index is -0.318. The van der Waals surface area contributed by atoms with Gasteiger partial charge in [0.15, 0.2) is 0 Å². The lowest BCUT2D eigenvalue weighted by atomic mass is 10.0. The van der Waals surface area contributed by atoms with Crippen molar-refractivity contribution in [1.29, 1.82) is 0 Å². The summed E-state index contributed by atoms with van der Waals surface area (Å²) in [5.41, 5.74) is 8.21. The summed E-state index contributed by atoms with van der Waals surface area (Å²) in [5, 5.41) is 0. The number of nitrogens with two attached hydrogens (primary N) is 1. The first-order chi connectivity index (χ1) is 9.05. The zero-order chi connectivity index (χ0) is 14.0. The van der Waals surface area contributed by atoms with Gasteiger partial charge in [0, 0.05) is 17.3 Å². The van der Waals surface area contributed by atoms with Gasteiger partial charge in [0.05, 0.1) is 14.2 Å². The largest absolute Gasteiger partial charge is 0.497 e. The molecule has 2 aromatic rings. The number of methoxy groups -OCH3 is 2. The van der Waals surface area contributed by atoms with Gasteiger partial charge in [-0.15, -0.1) is 0 Å². The maximum absolute atomic E-state index is 14.1. The molecule has 2 aromatic carbocycles. The molecule has 0 amide bonds. The Morgan fingerprint density at radius 2 is 1.53 bits per heavy atom. The molecule has 0 aliphatic rings. The van der Waals surface area contributed by atoms with Crippen LogP contribution in [-0.2, 0) is 0 Å². The average molecular weight is 261 g/mol. The molecule has 3 nitrogen and oxygen atoms in total. The Morgan fingerprint density at radius 3 is 2.05 bits per heavy atom. The molecule has 0 fully saturated rings. The lowest BCUT2D eigenvalue weighted by Crippen LogP contribution is -1.95. The minimum absolute atomic E-state index is 0.318. The average Bonchev–Trinajstić information content (AvgIpc) is 2.42. The Morgan fingerprint density at radius 1 is 0.947 bits per heavy atom. The Hall–Kier alpha value is -2.23. The van der Waals surface area contributed by atoms with Gasteiger partial charge in [-0.05, 0) is 42.3 Å². The van der Waals surface area contributed by atoms with Gasteiger partial charge in [-0.3, -0.25) is 0 Å². The topological polar surface area (TPSA) is 44.5 Å². The number of rotatable bonds is 3. The maximum atomic E-state index is 14.1. The van der Waals surface area contributed by atoms with E-state index in [2.05, 4.69) is 0 Å². The van der Waals surface area contributed by atoms with Gasteiger partial charge < -0.3 is 15.2 Å². The van der Waals surface area contributed by atoms with Crippen LogP contribution in [0.1, 0.15) is 5.56 Å². The first-order valence-corrected chi connectivity index (χ1v) is 5.84. The highest BCUT2D eigenvalue weighted by molar-refractivity contribution is 5.72. The van der Waals surface area contributed by atoms with E-state index in [0.29, 0.717) is 28.3 Å². The molecule has 0 radical (unpaired) electrons. The van der Waals surface area contributed by atoms with Crippen molar-refractivity contribution < 1.29 is 13.9 Å². The molecule has 0 aliphatic carbocycles. The fourth-order valence-electron chi connectivity index (χ4n) is 1.87. The van der Waals surface area contributed by atoms with E-state index in [1.807, 2.05) is 0 Å². The Kier molecular flexibility index (Phi) is 3.60. The molecule has 2 rings (SSSR count). The van der Waals surface area contributed by atoms with Crippen LogP contribution in [0, 0.1) is 12.7 Å². The summed E-state index contributed by atoms with van der Waals surface area (Å²) in [6, 6.07) is 8.28. The highest BCUT2D eigenvalue weighted by Crippen LogP contribution is 2.33. The molecule has 19 heavy (non-hydrogen) atoms. The second kappa shape index (κ2) is 5.18. The van der Waals surface area contributed by atoms with Crippen LogP contribution in [0.25, 0.3) is 11.1 Å². The molecule has 0 heterocycles. The van der Waals surface area contributed by atoms with Crippen molar-refractivity contribution in [2.24, 2.45) is 0 Å². The molecule has 2 N–H and O–H groups in total. The molecule has 0 unspecified atom stereocenters. The summed E-state index contributed by atoms with van der Waals surface area (Å²) in [7, 11) is 3.11. The molecule has 0 bridgehead atoms. The number of hydrogen-bond donors (Lipinski definition) is 1. The molecule has 0 saturated heterocycles. The molecule has 0 atom stereocenters. The fraction of sp³-hybridized carbons (Fsp3) is 0.200. The fourth-order valence-corrected chi connectivity index (χ4v) is 1.87. The van der Waals surface area contributed by atoms with Gasteiger partial charge in [-0.2, -0.15) is 0 Å². The van der Waals surface area contributed by atoms with E-state index in [1.54, 1.807) is 45.4 Å². The van der Waals surface area contributed by atoms with Crippen molar-refractivity contribution in [1.82, 2.24) is 0 Å². The van der Waals surface area contributed by atoms with E-state index in [1.165, 1.54) is 6.07 Å².